The number of hydrogen-bond acceptors (Lipinski definition) is 4. The van der Waals surface area contributed by atoms with Crippen LogP contribution in [-0.2, 0) is 0 Å². The van der Waals surface area contributed by atoms with Crippen LogP contribution in [0.15, 0.2) is 18.2 Å². The van der Waals surface area contributed by atoms with E-state index in [0.29, 0.717) is 16.5 Å². The van der Waals surface area contributed by atoms with Crippen LogP contribution in [0.5, 0.6) is 5.75 Å². The molecule has 0 bridgehead atoms. The number of ether oxygens (including phenoxy) is 1. The lowest BCUT2D eigenvalue weighted by Gasteiger charge is -2.26. The molecule has 0 spiro atoms. The lowest BCUT2D eigenvalue weighted by Crippen LogP contribution is -2.36. The summed E-state index contributed by atoms with van der Waals surface area (Å²) in [5.41, 5.74) is 0.644. The summed E-state index contributed by atoms with van der Waals surface area (Å²) in [6.07, 6.45) is 6.88. The highest BCUT2D eigenvalue weighted by Crippen LogP contribution is 2.29. The number of nitro groups is 1. The van der Waals surface area contributed by atoms with E-state index in [4.69, 9.17) is 17.0 Å². The first kappa shape index (κ1) is 21.2. The van der Waals surface area contributed by atoms with E-state index in [1.165, 1.54) is 44.9 Å². The maximum atomic E-state index is 10.9. The second-order valence-electron chi connectivity index (χ2n) is 5.97. The number of rotatable bonds is 11. The molecule has 0 saturated carbocycles. The van der Waals surface area contributed by atoms with Crippen LogP contribution in [0.2, 0.25) is 0 Å². The molecule has 0 heterocycles. The molecule has 0 aliphatic carbocycles. The predicted molar refractivity (Wildman–Crippen MR) is 106 cm³/mol. The van der Waals surface area contributed by atoms with Gasteiger partial charge < -0.3 is 15.0 Å². The fourth-order valence-electron chi connectivity index (χ4n) is 2.51. The Hall–Kier alpha value is -1.89. The average Bonchev–Trinajstić information content (AvgIpc) is 2.60. The van der Waals surface area contributed by atoms with Gasteiger partial charge in [0.25, 0.3) is 5.69 Å². The van der Waals surface area contributed by atoms with Gasteiger partial charge in [-0.25, -0.2) is 0 Å². The van der Waals surface area contributed by atoms with E-state index in [1.807, 2.05) is 0 Å². The molecule has 140 valence electrons. The fourth-order valence-corrected chi connectivity index (χ4v) is 2.80. The van der Waals surface area contributed by atoms with E-state index in [9.17, 15) is 10.1 Å². The van der Waals surface area contributed by atoms with E-state index in [-0.39, 0.29) is 5.69 Å². The third kappa shape index (κ3) is 7.25. The number of benzene rings is 1. The Morgan fingerprint density at radius 3 is 2.28 bits per heavy atom. The van der Waals surface area contributed by atoms with Crippen molar-refractivity contribution in [1.82, 2.24) is 4.90 Å². The number of hydrogen-bond donors (Lipinski definition) is 1. The second-order valence-corrected chi connectivity index (χ2v) is 6.36. The molecule has 0 aromatic heterocycles. The SMILES string of the molecule is CCCCCN(CCCCC)C(=S)Nc1ccc([N+](=O)[O-])cc1OC. The zero-order chi connectivity index (χ0) is 18.7. The van der Waals surface area contributed by atoms with Crippen molar-refractivity contribution in [2.45, 2.75) is 52.4 Å². The minimum atomic E-state index is -0.438. The molecule has 0 fully saturated rings. The van der Waals surface area contributed by atoms with Crippen molar-refractivity contribution in [3.05, 3.63) is 28.3 Å². The number of thiocarbonyl (C=S) groups is 1. The van der Waals surface area contributed by atoms with Crippen molar-refractivity contribution in [1.29, 1.82) is 0 Å². The van der Waals surface area contributed by atoms with Crippen molar-refractivity contribution >= 4 is 28.7 Å². The summed E-state index contributed by atoms with van der Waals surface area (Å²) < 4.78 is 5.27. The highest BCUT2D eigenvalue weighted by Gasteiger charge is 2.15. The molecule has 1 N–H and O–H groups in total. The van der Waals surface area contributed by atoms with Crippen molar-refractivity contribution in [2.75, 3.05) is 25.5 Å². The van der Waals surface area contributed by atoms with Gasteiger partial charge in [-0.15, -0.1) is 0 Å². The van der Waals surface area contributed by atoms with Gasteiger partial charge in [-0.2, -0.15) is 0 Å². The summed E-state index contributed by atoms with van der Waals surface area (Å²) in [6.45, 7) is 6.19. The summed E-state index contributed by atoms with van der Waals surface area (Å²) >= 11 is 5.57. The molecule has 1 rings (SSSR count). The van der Waals surface area contributed by atoms with Gasteiger partial charge in [0.05, 0.1) is 23.8 Å². The number of unbranched alkanes of at least 4 members (excludes halogenated alkanes) is 4. The van der Waals surface area contributed by atoms with Crippen LogP contribution in [0.25, 0.3) is 0 Å². The zero-order valence-electron chi connectivity index (χ0n) is 15.4. The number of anilines is 1. The molecule has 0 aliphatic heterocycles. The molecule has 25 heavy (non-hydrogen) atoms. The Labute approximate surface area is 155 Å². The normalized spacial score (nSPS) is 10.4. The van der Waals surface area contributed by atoms with E-state index in [2.05, 4.69) is 24.1 Å². The molecule has 6 nitrogen and oxygen atoms in total. The summed E-state index contributed by atoms with van der Waals surface area (Å²) in [7, 11) is 1.49. The topological polar surface area (TPSA) is 67.6 Å². The quantitative estimate of drug-likeness (QED) is 0.257. The number of methoxy groups -OCH3 is 1. The van der Waals surface area contributed by atoms with Crippen molar-refractivity contribution in [3.8, 4) is 5.75 Å². The van der Waals surface area contributed by atoms with Crippen LogP contribution in [-0.4, -0.2) is 35.1 Å². The van der Waals surface area contributed by atoms with E-state index >= 15 is 0 Å². The summed E-state index contributed by atoms with van der Waals surface area (Å²) in [5.74, 6) is 0.415. The van der Waals surface area contributed by atoms with E-state index in [1.54, 1.807) is 6.07 Å². The molecule has 0 atom stereocenters. The summed E-state index contributed by atoms with van der Waals surface area (Å²) in [6, 6.07) is 4.49. The molecular weight excluding hydrogens is 338 g/mol. The van der Waals surface area contributed by atoms with Crippen LogP contribution in [0.4, 0.5) is 11.4 Å². The molecule has 0 unspecified atom stereocenters. The molecule has 0 saturated heterocycles. The van der Waals surface area contributed by atoms with Gasteiger partial charge in [0.1, 0.15) is 5.75 Å². The maximum absolute atomic E-state index is 10.9. The van der Waals surface area contributed by atoms with Crippen LogP contribution in [0.3, 0.4) is 0 Å². The molecule has 1 aromatic carbocycles. The Morgan fingerprint density at radius 1 is 1.20 bits per heavy atom. The Balaban J connectivity index is 2.81. The van der Waals surface area contributed by atoms with Crippen molar-refractivity contribution in [3.63, 3.8) is 0 Å². The first-order valence-electron chi connectivity index (χ1n) is 8.91. The number of nitrogens with zero attached hydrogens (tertiary/aromatic N) is 2. The van der Waals surface area contributed by atoms with Gasteiger partial charge in [0.2, 0.25) is 0 Å². The van der Waals surface area contributed by atoms with Gasteiger partial charge in [0.15, 0.2) is 5.11 Å². The monoisotopic (exact) mass is 367 g/mol. The van der Waals surface area contributed by atoms with Gasteiger partial charge in [-0.3, -0.25) is 10.1 Å². The lowest BCUT2D eigenvalue weighted by atomic mass is 10.2. The third-order valence-electron chi connectivity index (χ3n) is 3.99. The minimum absolute atomic E-state index is 0.00364. The molecule has 0 aliphatic rings. The first-order chi connectivity index (χ1) is 12.0. The Kier molecular flexibility index (Phi) is 9.84. The first-order valence-corrected chi connectivity index (χ1v) is 9.32. The lowest BCUT2D eigenvalue weighted by molar-refractivity contribution is -0.384. The maximum Gasteiger partial charge on any atom is 0.273 e. The average molecular weight is 368 g/mol. The van der Waals surface area contributed by atoms with Gasteiger partial charge in [0, 0.05) is 19.2 Å². The van der Waals surface area contributed by atoms with Crippen LogP contribution < -0.4 is 10.1 Å². The standard InChI is InChI=1S/C18H29N3O3S/c1-4-6-8-12-20(13-9-7-5-2)18(25)19-16-11-10-15(21(22)23)14-17(16)24-3/h10-11,14H,4-9,12-13H2,1-3H3,(H,19,25). The van der Waals surface area contributed by atoms with Crippen molar-refractivity contribution in [2.24, 2.45) is 0 Å². The van der Waals surface area contributed by atoms with Crippen molar-refractivity contribution < 1.29 is 9.66 Å². The summed E-state index contributed by atoms with van der Waals surface area (Å²) in [5, 5.41) is 14.7. The zero-order valence-corrected chi connectivity index (χ0v) is 16.2. The molecular formula is C18H29N3O3S. The van der Waals surface area contributed by atoms with E-state index in [0.717, 1.165) is 25.9 Å². The smallest absolute Gasteiger partial charge is 0.273 e. The molecule has 7 heteroatoms. The molecule has 0 radical (unpaired) electrons. The number of nitrogens with one attached hydrogen (secondary N) is 1. The fraction of sp³-hybridized carbons (Fsp3) is 0.611. The van der Waals surface area contributed by atoms with Crippen LogP contribution in [0, 0.1) is 10.1 Å². The van der Waals surface area contributed by atoms with Gasteiger partial charge in [-0.1, -0.05) is 39.5 Å². The highest BCUT2D eigenvalue weighted by molar-refractivity contribution is 7.80. The third-order valence-corrected chi connectivity index (χ3v) is 4.35. The van der Waals surface area contributed by atoms with E-state index < -0.39 is 4.92 Å². The molecule has 0 amide bonds. The predicted octanol–water partition coefficient (Wildman–Crippen LogP) is 4.98. The summed E-state index contributed by atoms with van der Waals surface area (Å²) in [4.78, 5) is 12.6. The van der Waals surface area contributed by atoms with Crippen LogP contribution in [0.1, 0.15) is 52.4 Å². The second kappa shape index (κ2) is 11.6. The van der Waals surface area contributed by atoms with Gasteiger partial charge in [-0.05, 0) is 31.1 Å². The molecule has 1 aromatic rings. The highest BCUT2D eigenvalue weighted by atomic mass is 32.1. The number of nitro benzene ring substituents is 1. The van der Waals surface area contributed by atoms with Gasteiger partial charge >= 0.3 is 0 Å². The minimum Gasteiger partial charge on any atom is -0.494 e. The number of non-ortho nitro benzene ring substituents is 1. The Morgan fingerprint density at radius 2 is 1.80 bits per heavy atom. The Bertz CT molecular complexity index is 556. The largest absolute Gasteiger partial charge is 0.494 e. The van der Waals surface area contributed by atoms with Crippen LogP contribution >= 0.6 is 12.2 Å².